The molecule has 0 spiro atoms. The van der Waals surface area contributed by atoms with Crippen molar-refractivity contribution < 1.29 is 9.59 Å². The van der Waals surface area contributed by atoms with Crippen LogP contribution in [0.4, 0.5) is 0 Å². The predicted molar refractivity (Wildman–Crippen MR) is 100.0 cm³/mol. The van der Waals surface area contributed by atoms with Crippen molar-refractivity contribution in [1.29, 1.82) is 0 Å². The fourth-order valence-corrected chi connectivity index (χ4v) is 2.95. The first-order chi connectivity index (χ1) is 12.5. The topological polar surface area (TPSA) is 65.5 Å². The molecule has 0 bridgehead atoms. The summed E-state index contributed by atoms with van der Waals surface area (Å²) >= 11 is 0. The molecule has 0 saturated carbocycles. The van der Waals surface area contributed by atoms with E-state index in [9.17, 15) is 9.59 Å². The van der Waals surface area contributed by atoms with Gasteiger partial charge in [0.1, 0.15) is 11.4 Å². The molecule has 0 aliphatic carbocycles. The molecule has 0 radical (unpaired) electrons. The van der Waals surface area contributed by atoms with E-state index >= 15 is 0 Å². The average Bonchev–Trinajstić information content (AvgIpc) is 2.68. The molecule has 2 heterocycles. The number of rotatable bonds is 4. The molecule has 136 valence electrons. The summed E-state index contributed by atoms with van der Waals surface area (Å²) in [5.74, 6) is -0.404. The third kappa shape index (κ3) is 4.26. The van der Waals surface area contributed by atoms with Crippen molar-refractivity contribution in [3.05, 3.63) is 65.5 Å². The highest BCUT2D eigenvalue weighted by atomic mass is 16.2. The lowest BCUT2D eigenvalue weighted by atomic mass is 10.1. The fraction of sp³-hybridized carbons (Fsp3) is 0.350. The maximum Gasteiger partial charge on any atom is 0.272 e. The van der Waals surface area contributed by atoms with Crippen LogP contribution in [0.15, 0.2) is 48.5 Å². The van der Waals surface area contributed by atoms with E-state index in [0.29, 0.717) is 18.8 Å². The summed E-state index contributed by atoms with van der Waals surface area (Å²) in [6, 6.07) is 14.6. The largest absolute Gasteiger partial charge is 0.344 e. The van der Waals surface area contributed by atoms with Crippen LogP contribution >= 0.6 is 0 Å². The van der Waals surface area contributed by atoms with Crippen LogP contribution in [-0.2, 0) is 0 Å². The minimum Gasteiger partial charge on any atom is -0.344 e. The third-order valence-electron chi connectivity index (χ3n) is 4.64. The number of nitrogens with one attached hydrogen (secondary N) is 1. The normalized spacial score (nSPS) is 16.2. The molecule has 26 heavy (non-hydrogen) atoms. The lowest BCUT2D eigenvalue weighted by molar-refractivity contribution is 0.0658. The van der Waals surface area contributed by atoms with E-state index in [1.807, 2.05) is 44.3 Å². The predicted octanol–water partition coefficient (Wildman–Crippen LogP) is 1.96. The molecule has 6 heteroatoms. The van der Waals surface area contributed by atoms with Gasteiger partial charge in [-0.2, -0.15) is 0 Å². The van der Waals surface area contributed by atoms with Crippen molar-refractivity contribution in [1.82, 2.24) is 20.1 Å². The number of likely N-dealkylation sites (N-methyl/N-ethyl adjacent to an activating group) is 1. The van der Waals surface area contributed by atoms with Gasteiger partial charge in [-0.25, -0.2) is 4.98 Å². The van der Waals surface area contributed by atoms with E-state index in [4.69, 9.17) is 0 Å². The molecular weight excluding hydrogens is 328 g/mol. The summed E-state index contributed by atoms with van der Waals surface area (Å²) in [7, 11) is 2.04. The first-order valence-corrected chi connectivity index (χ1v) is 8.85. The Morgan fingerprint density at radius 1 is 0.962 bits per heavy atom. The second-order valence-corrected chi connectivity index (χ2v) is 6.61. The van der Waals surface area contributed by atoms with Crippen molar-refractivity contribution in [3.8, 4) is 0 Å². The van der Waals surface area contributed by atoms with Crippen molar-refractivity contribution in [3.63, 3.8) is 0 Å². The van der Waals surface area contributed by atoms with E-state index in [1.54, 1.807) is 23.1 Å². The standard InChI is InChI=1S/C20H24N4O2/c1-15(16-7-4-3-5-8-16)21-19(25)17-9-6-10-18(22-17)20(26)24-13-11-23(2)12-14-24/h3-10,15H,11-14H2,1-2H3,(H,21,25). The Balaban J connectivity index is 1.68. The minimum absolute atomic E-state index is 0.121. The smallest absolute Gasteiger partial charge is 0.272 e. The Bertz CT molecular complexity index is 770. The molecule has 1 atom stereocenters. The van der Waals surface area contributed by atoms with Crippen molar-refractivity contribution in [2.24, 2.45) is 0 Å². The number of hydrogen-bond acceptors (Lipinski definition) is 4. The summed E-state index contributed by atoms with van der Waals surface area (Å²) in [5, 5.41) is 2.93. The monoisotopic (exact) mass is 352 g/mol. The van der Waals surface area contributed by atoms with Crippen molar-refractivity contribution in [2.75, 3.05) is 33.2 Å². The van der Waals surface area contributed by atoms with E-state index in [0.717, 1.165) is 18.7 Å². The molecule has 3 rings (SSSR count). The van der Waals surface area contributed by atoms with Gasteiger partial charge in [-0.05, 0) is 31.7 Å². The first kappa shape index (κ1) is 18.1. The number of aromatic nitrogens is 1. The van der Waals surface area contributed by atoms with Crippen LogP contribution in [0, 0.1) is 0 Å². The summed E-state index contributed by atoms with van der Waals surface area (Å²) in [4.78, 5) is 33.4. The molecule has 1 N–H and O–H groups in total. The molecule has 1 unspecified atom stereocenters. The maximum absolute atomic E-state index is 12.6. The van der Waals surface area contributed by atoms with E-state index in [-0.39, 0.29) is 23.6 Å². The molecule has 1 fully saturated rings. The second-order valence-electron chi connectivity index (χ2n) is 6.61. The fourth-order valence-electron chi connectivity index (χ4n) is 2.95. The van der Waals surface area contributed by atoms with Gasteiger partial charge < -0.3 is 15.1 Å². The highest BCUT2D eigenvalue weighted by Crippen LogP contribution is 2.13. The second kappa shape index (κ2) is 8.10. The van der Waals surface area contributed by atoms with Crippen LogP contribution in [0.25, 0.3) is 0 Å². The van der Waals surface area contributed by atoms with Crippen molar-refractivity contribution in [2.45, 2.75) is 13.0 Å². The summed E-state index contributed by atoms with van der Waals surface area (Å²) in [6.45, 7) is 4.98. The number of carbonyl (C=O) groups excluding carboxylic acids is 2. The minimum atomic E-state index is -0.283. The van der Waals surface area contributed by atoms with Gasteiger partial charge in [0.2, 0.25) is 0 Å². The summed E-state index contributed by atoms with van der Waals surface area (Å²) in [6.07, 6.45) is 0. The summed E-state index contributed by atoms with van der Waals surface area (Å²) < 4.78 is 0. The van der Waals surface area contributed by atoms with Gasteiger partial charge in [0.25, 0.3) is 11.8 Å². The SMILES string of the molecule is CC(NC(=O)c1cccc(C(=O)N2CCN(C)CC2)n1)c1ccccc1. The number of hydrogen-bond donors (Lipinski definition) is 1. The lowest BCUT2D eigenvalue weighted by Crippen LogP contribution is -2.47. The van der Waals surface area contributed by atoms with Gasteiger partial charge in [-0.1, -0.05) is 36.4 Å². The molecule has 1 aromatic heterocycles. The van der Waals surface area contributed by atoms with Crippen LogP contribution in [0.2, 0.25) is 0 Å². The Labute approximate surface area is 153 Å². The van der Waals surface area contributed by atoms with Crippen molar-refractivity contribution >= 4 is 11.8 Å². The van der Waals surface area contributed by atoms with Gasteiger partial charge in [-0.3, -0.25) is 9.59 Å². The zero-order chi connectivity index (χ0) is 18.5. The quantitative estimate of drug-likeness (QED) is 0.914. The Hall–Kier alpha value is -2.73. The van der Waals surface area contributed by atoms with Crippen LogP contribution in [0.3, 0.4) is 0 Å². The number of pyridine rings is 1. The number of nitrogens with zero attached hydrogens (tertiary/aromatic N) is 3. The van der Waals surface area contributed by atoms with Gasteiger partial charge in [0.15, 0.2) is 0 Å². The zero-order valence-electron chi connectivity index (χ0n) is 15.2. The van der Waals surface area contributed by atoms with Crippen LogP contribution < -0.4 is 5.32 Å². The Kier molecular flexibility index (Phi) is 5.63. The Morgan fingerprint density at radius 3 is 2.31 bits per heavy atom. The molecular formula is C20H24N4O2. The maximum atomic E-state index is 12.6. The third-order valence-corrected chi connectivity index (χ3v) is 4.64. The molecule has 2 aromatic rings. The van der Waals surface area contributed by atoms with Crippen LogP contribution in [0.1, 0.15) is 39.5 Å². The first-order valence-electron chi connectivity index (χ1n) is 8.85. The number of benzene rings is 1. The zero-order valence-corrected chi connectivity index (χ0v) is 15.2. The number of carbonyl (C=O) groups is 2. The van der Waals surface area contributed by atoms with Gasteiger partial charge in [0, 0.05) is 26.2 Å². The molecule has 1 saturated heterocycles. The van der Waals surface area contributed by atoms with Gasteiger partial charge in [0.05, 0.1) is 6.04 Å². The molecule has 1 aliphatic rings. The average molecular weight is 352 g/mol. The Morgan fingerprint density at radius 2 is 1.62 bits per heavy atom. The molecule has 2 amide bonds. The van der Waals surface area contributed by atoms with E-state index < -0.39 is 0 Å². The van der Waals surface area contributed by atoms with E-state index in [1.165, 1.54) is 0 Å². The van der Waals surface area contributed by atoms with Gasteiger partial charge in [-0.15, -0.1) is 0 Å². The summed E-state index contributed by atoms with van der Waals surface area (Å²) in [5.41, 5.74) is 1.59. The number of amides is 2. The lowest BCUT2D eigenvalue weighted by Gasteiger charge is -2.32. The van der Waals surface area contributed by atoms with Gasteiger partial charge >= 0.3 is 0 Å². The molecule has 6 nitrogen and oxygen atoms in total. The highest BCUT2D eigenvalue weighted by molar-refractivity contribution is 5.96. The number of piperazine rings is 1. The van der Waals surface area contributed by atoms with E-state index in [2.05, 4.69) is 15.2 Å². The van der Waals surface area contributed by atoms with Crippen LogP contribution in [-0.4, -0.2) is 59.8 Å². The molecule has 1 aromatic carbocycles. The molecule has 1 aliphatic heterocycles. The highest BCUT2D eigenvalue weighted by Gasteiger charge is 2.22. The van der Waals surface area contributed by atoms with Crippen LogP contribution in [0.5, 0.6) is 0 Å².